The molecule has 2 unspecified atom stereocenters. The fourth-order valence-electron chi connectivity index (χ4n) is 4.22. The Hall–Kier alpha value is -2.04. The third-order valence-corrected chi connectivity index (χ3v) is 6.02. The monoisotopic (exact) mass is 372 g/mol. The molecule has 0 spiro atoms. The van der Waals surface area contributed by atoms with Crippen molar-refractivity contribution in [3.63, 3.8) is 0 Å². The van der Waals surface area contributed by atoms with Crippen LogP contribution in [-0.4, -0.2) is 53.4 Å². The number of carbonyl (C=O) groups is 2. The summed E-state index contributed by atoms with van der Waals surface area (Å²) in [6, 6.07) is 7.72. The molecule has 0 bridgehead atoms. The highest BCUT2D eigenvalue weighted by molar-refractivity contribution is 5.94. The van der Waals surface area contributed by atoms with Crippen molar-refractivity contribution in [1.29, 1.82) is 0 Å². The van der Waals surface area contributed by atoms with E-state index in [2.05, 4.69) is 20.8 Å². The zero-order valence-electron chi connectivity index (χ0n) is 16.8. The molecule has 3 rings (SSSR count). The highest BCUT2D eigenvalue weighted by atomic mass is 16.5. The first-order valence-electron chi connectivity index (χ1n) is 10.3. The summed E-state index contributed by atoms with van der Waals surface area (Å²) in [5.74, 6) is 1.45. The van der Waals surface area contributed by atoms with E-state index in [4.69, 9.17) is 4.74 Å². The Kier molecular flexibility index (Phi) is 6.40. The Morgan fingerprint density at radius 2 is 1.56 bits per heavy atom. The number of carbonyl (C=O) groups excluding carboxylic acids is 2. The van der Waals surface area contributed by atoms with Crippen LogP contribution < -0.4 is 4.74 Å². The topological polar surface area (TPSA) is 49.9 Å². The predicted molar refractivity (Wildman–Crippen MR) is 106 cm³/mol. The molecule has 0 aliphatic carbocycles. The molecular formula is C22H32N2O3. The second-order valence-electron chi connectivity index (χ2n) is 8.22. The van der Waals surface area contributed by atoms with Gasteiger partial charge in [0.1, 0.15) is 5.75 Å². The van der Waals surface area contributed by atoms with Crippen molar-refractivity contribution in [3.05, 3.63) is 29.8 Å². The highest BCUT2D eigenvalue weighted by Gasteiger charge is 2.29. The minimum atomic E-state index is 0.0392. The van der Waals surface area contributed by atoms with Crippen LogP contribution in [0.4, 0.5) is 0 Å². The van der Waals surface area contributed by atoms with Gasteiger partial charge in [0.15, 0.2) is 6.61 Å². The Balaban J connectivity index is 1.53. The van der Waals surface area contributed by atoms with Crippen LogP contribution in [0, 0.1) is 5.92 Å². The third-order valence-electron chi connectivity index (χ3n) is 6.02. The first kappa shape index (κ1) is 19.7. The number of amides is 2. The quantitative estimate of drug-likeness (QED) is 0.809. The van der Waals surface area contributed by atoms with Crippen molar-refractivity contribution in [1.82, 2.24) is 9.80 Å². The van der Waals surface area contributed by atoms with Crippen LogP contribution in [0.25, 0.3) is 0 Å². The molecule has 5 nitrogen and oxygen atoms in total. The molecule has 1 aromatic carbocycles. The van der Waals surface area contributed by atoms with Crippen molar-refractivity contribution < 1.29 is 14.3 Å². The molecular weight excluding hydrogens is 340 g/mol. The zero-order chi connectivity index (χ0) is 19.4. The maximum atomic E-state index is 12.6. The van der Waals surface area contributed by atoms with E-state index in [1.165, 1.54) is 6.42 Å². The Morgan fingerprint density at radius 3 is 2.15 bits per heavy atom. The number of ether oxygens (including phenoxy) is 1. The van der Waals surface area contributed by atoms with E-state index in [-0.39, 0.29) is 30.5 Å². The van der Waals surface area contributed by atoms with E-state index in [9.17, 15) is 9.59 Å². The lowest BCUT2D eigenvalue weighted by Crippen LogP contribution is -2.49. The zero-order valence-corrected chi connectivity index (χ0v) is 16.8. The maximum Gasteiger partial charge on any atom is 0.260 e. The number of likely N-dealkylation sites (tertiary alicyclic amines) is 2. The SMILES string of the molecule is CC1CCN(C(=O)c2ccc(OCC(=O)N3C(C)CCCC3C)cc2)CC1. The van der Waals surface area contributed by atoms with Crippen LogP contribution >= 0.6 is 0 Å². The van der Waals surface area contributed by atoms with Crippen molar-refractivity contribution >= 4 is 11.8 Å². The van der Waals surface area contributed by atoms with Crippen molar-refractivity contribution in [2.24, 2.45) is 5.92 Å². The second-order valence-corrected chi connectivity index (χ2v) is 8.22. The molecule has 0 saturated carbocycles. The van der Waals surface area contributed by atoms with E-state index in [0.717, 1.165) is 38.8 Å². The number of benzene rings is 1. The van der Waals surface area contributed by atoms with E-state index >= 15 is 0 Å². The van der Waals surface area contributed by atoms with Crippen LogP contribution in [0.5, 0.6) is 5.75 Å². The lowest BCUT2D eigenvalue weighted by molar-refractivity contribution is -0.139. The van der Waals surface area contributed by atoms with E-state index in [1.807, 2.05) is 9.80 Å². The van der Waals surface area contributed by atoms with Gasteiger partial charge >= 0.3 is 0 Å². The summed E-state index contributed by atoms with van der Waals surface area (Å²) >= 11 is 0. The summed E-state index contributed by atoms with van der Waals surface area (Å²) in [4.78, 5) is 29.0. The molecule has 1 aromatic rings. The average Bonchev–Trinajstić information content (AvgIpc) is 2.67. The lowest BCUT2D eigenvalue weighted by atomic mass is 9.97. The molecule has 2 amide bonds. The van der Waals surface area contributed by atoms with E-state index in [0.29, 0.717) is 17.2 Å². The number of piperidine rings is 2. The minimum absolute atomic E-state index is 0.0392. The van der Waals surface area contributed by atoms with Gasteiger partial charge in [-0.25, -0.2) is 0 Å². The molecule has 0 N–H and O–H groups in total. The number of nitrogens with zero attached hydrogens (tertiary/aromatic N) is 2. The molecule has 2 heterocycles. The summed E-state index contributed by atoms with van der Waals surface area (Å²) in [6.07, 6.45) is 5.44. The standard InChI is InChI=1S/C22H32N2O3/c1-16-11-13-23(14-12-16)22(26)19-7-9-20(10-8-19)27-15-21(25)24-17(2)5-4-6-18(24)3/h7-10,16-18H,4-6,11-15H2,1-3H3. The van der Waals surface area contributed by atoms with Crippen LogP contribution in [0.2, 0.25) is 0 Å². The Bertz CT molecular complexity index is 640. The molecule has 2 aliphatic heterocycles. The van der Waals surface area contributed by atoms with Crippen LogP contribution in [0.1, 0.15) is 63.2 Å². The van der Waals surface area contributed by atoms with Gasteiger partial charge in [0, 0.05) is 30.7 Å². The first-order valence-corrected chi connectivity index (χ1v) is 10.3. The molecule has 27 heavy (non-hydrogen) atoms. The predicted octanol–water partition coefficient (Wildman–Crippen LogP) is 3.73. The molecule has 2 aliphatic rings. The fourth-order valence-corrected chi connectivity index (χ4v) is 4.22. The van der Waals surface area contributed by atoms with Gasteiger partial charge in [-0.3, -0.25) is 9.59 Å². The van der Waals surface area contributed by atoms with Gasteiger partial charge in [-0.2, -0.15) is 0 Å². The van der Waals surface area contributed by atoms with Crippen LogP contribution in [0.3, 0.4) is 0 Å². The summed E-state index contributed by atoms with van der Waals surface area (Å²) in [5, 5.41) is 0. The number of hydrogen-bond acceptors (Lipinski definition) is 3. The maximum absolute atomic E-state index is 12.6. The fraction of sp³-hybridized carbons (Fsp3) is 0.636. The van der Waals surface area contributed by atoms with Gasteiger partial charge in [0.05, 0.1) is 0 Å². The van der Waals surface area contributed by atoms with Crippen LogP contribution in [0.15, 0.2) is 24.3 Å². The van der Waals surface area contributed by atoms with Gasteiger partial charge < -0.3 is 14.5 Å². The number of rotatable bonds is 4. The van der Waals surface area contributed by atoms with Crippen molar-refractivity contribution in [2.75, 3.05) is 19.7 Å². The van der Waals surface area contributed by atoms with Crippen LogP contribution in [-0.2, 0) is 4.79 Å². The largest absolute Gasteiger partial charge is 0.484 e. The molecule has 148 valence electrons. The van der Waals surface area contributed by atoms with Gasteiger partial charge in [0.2, 0.25) is 0 Å². The molecule has 2 atom stereocenters. The lowest BCUT2D eigenvalue weighted by Gasteiger charge is -2.38. The molecule has 2 fully saturated rings. The molecule has 0 radical (unpaired) electrons. The highest BCUT2D eigenvalue weighted by Crippen LogP contribution is 2.23. The normalized spacial score (nSPS) is 24.0. The average molecular weight is 373 g/mol. The summed E-state index contributed by atoms with van der Waals surface area (Å²) in [6.45, 7) is 8.16. The van der Waals surface area contributed by atoms with Crippen molar-refractivity contribution in [3.8, 4) is 5.75 Å². The summed E-state index contributed by atoms with van der Waals surface area (Å²) in [5.41, 5.74) is 0.682. The Labute approximate surface area is 162 Å². The number of hydrogen-bond donors (Lipinski definition) is 0. The summed E-state index contributed by atoms with van der Waals surface area (Å²) in [7, 11) is 0. The van der Waals surface area contributed by atoms with Crippen molar-refractivity contribution in [2.45, 2.75) is 65.0 Å². The molecule has 0 aromatic heterocycles. The van der Waals surface area contributed by atoms with Gasteiger partial charge in [-0.05, 0) is 76.1 Å². The first-order chi connectivity index (χ1) is 13.0. The summed E-state index contributed by atoms with van der Waals surface area (Å²) < 4.78 is 5.70. The smallest absolute Gasteiger partial charge is 0.260 e. The minimum Gasteiger partial charge on any atom is -0.484 e. The molecule has 5 heteroatoms. The third kappa shape index (κ3) is 4.82. The molecule has 2 saturated heterocycles. The van der Waals surface area contributed by atoms with E-state index in [1.54, 1.807) is 24.3 Å². The van der Waals surface area contributed by atoms with Gasteiger partial charge in [-0.15, -0.1) is 0 Å². The van der Waals surface area contributed by atoms with E-state index < -0.39 is 0 Å². The second kappa shape index (κ2) is 8.77. The van der Waals surface area contributed by atoms with Gasteiger partial charge in [-0.1, -0.05) is 6.92 Å². The Morgan fingerprint density at radius 1 is 0.963 bits per heavy atom. The van der Waals surface area contributed by atoms with Gasteiger partial charge in [0.25, 0.3) is 11.8 Å².